The third-order valence-electron chi connectivity index (χ3n) is 2.19. The highest BCUT2D eigenvalue weighted by Crippen LogP contribution is 2.11. The maximum atomic E-state index is 10.4. The van der Waals surface area contributed by atoms with Gasteiger partial charge in [0, 0.05) is 12.3 Å². The Labute approximate surface area is 80.8 Å². The van der Waals surface area contributed by atoms with E-state index in [0.29, 0.717) is 13.2 Å². The van der Waals surface area contributed by atoms with Crippen molar-refractivity contribution in [2.75, 3.05) is 31.3 Å². The first-order valence-electron chi connectivity index (χ1n) is 4.43. The fraction of sp³-hybridized carbons (Fsp3) is 0.500. The Balaban J connectivity index is 2.11. The fourth-order valence-corrected chi connectivity index (χ4v) is 1.44. The molecule has 6 heteroatoms. The van der Waals surface area contributed by atoms with Crippen LogP contribution in [0.5, 0.6) is 0 Å². The highest BCUT2D eigenvalue weighted by Gasteiger charge is 2.13. The van der Waals surface area contributed by atoms with Gasteiger partial charge in [0.1, 0.15) is 6.20 Å². The molecule has 2 rings (SSSR count). The van der Waals surface area contributed by atoms with Crippen molar-refractivity contribution in [2.45, 2.75) is 0 Å². The van der Waals surface area contributed by atoms with Gasteiger partial charge in [-0.25, -0.2) is 0 Å². The summed E-state index contributed by atoms with van der Waals surface area (Å²) in [4.78, 5) is 10.1. The predicted molar refractivity (Wildman–Crippen MR) is 49.9 cm³/mol. The Morgan fingerprint density at radius 1 is 1.43 bits per heavy atom. The minimum atomic E-state index is -0.392. The van der Waals surface area contributed by atoms with Crippen LogP contribution >= 0.6 is 0 Å². The summed E-state index contributed by atoms with van der Waals surface area (Å²) in [6, 6.07) is 1.50. The van der Waals surface area contributed by atoms with E-state index in [2.05, 4.69) is 0 Å². The summed E-state index contributed by atoms with van der Waals surface area (Å²) in [6.45, 7) is 2.88. The van der Waals surface area contributed by atoms with Crippen molar-refractivity contribution < 1.29 is 9.66 Å². The highest BCUT2D eigenvalue weighted by molar-refractivity contribution is 5.26. The maximum Gasteiger partial charge on any atom is 0.289 e. The first-order valence-corrected chi connectivity index (χ1v) is 4.43. The molecule has 14 heavy (non-hydrogen) atoms. The van der Waals surface area contributed by atoms with Gasteiger partial charge < -0.3 is 9.75 Å². The van der Waals surface area contributed by atoms with Crippen LogP contribution in [-0.2, 0) is 4.74 Å². The molecule has 0 aromatic carbocycles. The second-order valence-corrected chi connectivity index (χ2v) is 3.07. The molecule has 1 aliphatic heterocycles. The van der Waals surface area contributed by atoms with E-state index in [1.165, 1.54) is 12.3 Å². The molecular formula is C8H11N3O3. The average Bonchev–Trinajstić information content (AvgIpc) is 2.68. The van der Waals surface area contributed by atoms with E-state index < -0.39 is 4.92 Å². The molecule has 0 spiro atoms. The number of nitrogens with zero attached hydrogens (tertiary/aromatic N) is 3. The molecule has 6 nitrogen and oxygen atoms in total. The Hall–Kier alpha value is -1.56. The largest absolute Gasteiger partial charge is 0.378 e. The van der Waals surface area contributed by atoms with Crippen LogP contribution in [0.15, 0.2) is 18.5 Å². The lowest BCUT2D eigenvalue weighted by Gasteiger charge is -2.29. The molecule has 0 radical (unpaired) electrons. The molecule has 1 fully saturated rings. The van der Waals surface area contributed by atoms with Gasteiger partial charge >= 0.3 is 0 Å². The van der Waals surface area contributed by atoms with Gasteiger partial charge in [0.05, 0.1) is 31.2 Å². The van der Waals surface area contributed by atoms with E-state index in [1.807, 2.05) is 5.01 Å². The van der Waals surface area contributed by atoms with Crippen molar-refractivity contribution in [1.29, 1.82) is 0 Å². The topological polar surface area (TPSA) is 60.5 Å². The summed E-state index contributed by atoms with van der Waals surface area (Å²) in [5.74, 6) is 0. The number of ether oxygens (including phenoxy) is 1. The van der Waals surface area contributed by atoms with Gasteiger partial charge in [0.15, 0.2) is 0 Å². The minimum absolute atomic E-state index is 0.122. The minimum Gasteiger partial charge on any atom is -0.378 e. The van der Waals surface area contributed by atoms with E-state index in [9.17, 15) is 10.1 Å². The summed E-state index contributed by atoms with van der Waals surface area (Å²) in [5.41, 5.74) is 0.122. The number of hydrogen-bond acceptors (Lipinski definition) is 4. The standard InChI is InChI=1S/C8H11N3O3/c12-11(13)8-1-2-10(7-8)9-3-5-14-6-4-9/h1-2,7H,3-6H2. The van der Waals surface area contributed by atoms with Gasteiger partial charge in [0.2, 0.25) is 0 Å². The molecule has 1 saturated heterocycles. The van der Waals surface area contributed by atoms with E-state index in [-0.39, 0.29) is 5.69 Å². The first-order chi connectivity index (χ1) is 6.77. The van der Waals surface area contributed by atoms with Crippen LogP contribution in [0.1, 0.15) is 0 Å². The molecule has 0 N–H and O–H groups in total. The Kier molecular flexibility index (Phi) is 2.36. The van der Waals surface area contributed by atoms with Crippen LogP contribution in [0.4, 0.5) is 5.69 Å². The third-order valence-corrected chi connectivity index (χ3v) is 2.19. The molecule has 0 unspecified atom stereocenters. The zero-order valence-corrected chi connectivity index (χ0v) is 7.63. The second-order valence-electron chi connectivity index (χ2n) is 3.07. The predicted octanol–water partition coefficient (Wildman–Crippen LogP) is 0.364. The molecule has 0 atom stereocenters. The highest BCUT2D eigenvalue weighted by atomic mass is 16.6. The van der Waals surface area contributed by atoms with Crippen molar-refractivity contribution in [2.24, 2.45) is 0 Å². The SMILES string of the molecule is O=[N+]([O-])c1ccn(N2CCOCC2)c1. The van der Waals surface area contributed by atoms with E-state index in [4.69, 9.17) is 4.74 Å². The number of morpholine rings is 1. The lowest BCUT2D eigenvalue weighted by Crippen LogP contribution is -2.43. The van der Waals surface area contributed by atoms with Gasteiger partial charge in [-0.3, -0.25) is 14.8 Å². The Bertz CT molecular complexity index is 330. The van der Waals surface area contributed by atoms with Crippen molar-refractivity contribution in [3.63, 3.8) is 0 Å². The third kappa shape index (κ3) is 1.69. The van der Waals surface area contributed by atoms with E-state index >= 15 is 0 Å². The maximum absolute atomic E-state index is 10.4. The zero-order chi connectivity index (χ0) is 9.97. The summed E-state index contributed by atoms with van der Waals surface area (Å²) in [7, 11) is 0. The van der Waals surface area contributed by atoms with E-state index in [1.54, 1.807) is 10.9 Å². The number of nitro groups is 1. The molecule has 0 bridgehead atoms. The van der Waals surface area contributed by atoms with Gasteiger partial charge in [-0.2, -0.15) is 0 Å². The molecule has 0 saturated carbocycles. The van der Waals surface area contributed by atoms with Crippen molar-refractivity contribution in [3.8, 4) is 0 Å². The molecular weight excluding hydrogens is 186 g/mol. The molecule has 1 aromatic rings. The van der Waals surface area contributed by atoms with E-state index in [0.717, 1.165) is 13.1 Å². The molecule has 0 aliphatic carbocycles. The zero-order valence-electron chi connectivity index (χ0n) is 7.63. The van der Waals surface area contributed by atoms with Crippen LogP contribution in [0.25, 0.3) is 0 Å². The summed E-state index contributed by atoms with van der Waals surface area (Å²) in [5, 5.41) is 12.5. The van der Waals surface area contributed by atoms with Crippen LogP contribution in [-0.4, -0.2) is 35.9 Å². The molecule has 1 aliphatic rings. The number of hydrogen-bond donors (Lipinski definition) is 0. The quantitative estimate of drug-likeness (QED) is 0.507. The molecule has 0 amide bonds. The lowest BCUT2D eigenvalue weighted by atomic mass is 10.5. The average molecular weight is 197 g/mol. The second kappa shape index (κ2) is 3.67. The molecule has 76 valence electrons. The number of rotatable bonds is 2. The smallest absolute Gasteiger partial charge is 0.289 e. The summed E-state index contributed by atoms with van der Waals surface area (Å²) in [6.07, 6.45) is 3.22. The van der Waals surface area contributed by atoms with Gasteiger partial charge in [0.25, 0.3) is 5.69 Å². The fourth-order valence-electron chi connectivity index (χ4n) is 1.44. The van der Waals surface area contributed by atoms with Crippen LogP contribution in [0.2, 0.25) is 0 Å². The van der Waals surface area contributed by atoms with Gasteiger partial charge in [-0.15, -0.1) is 0 Å². The summed E-state index contributed by atoms with van der Waals surface area (Å²) >= 11 is 0. The summed E-state index contributed by atoms with van der Waals surface area (Å²) < 4.78 is 6.94. The molecule has 2 heterocycles. The first kappa shape index (κ1) is 9.01. The van der Waals surface area contributed by atoms with Crippen molar-refractivity contribution >= 4 is 5.69 Å². The Morgan fingerprint density at radius 3 is 2.71 bits per heavy atom. The Morgan fingerprint density at radius 2 is 2.14 bits per heavy atom. The van der Waals surface area contributed by atoms with Gasteiger partial charge in [-0.1, -0.05) is 0 Å². The monoisotopic (exact) mass is 197 g/mol. The number of aromatic nitrogens is 1. The van der Waals surface area contributed by atoms with Crippen LogP contribution in [0, 0.1) is 10.1 Å². The molecule has 1 aromatic heterocycles. The van der Waals surface area contributed by atoms with Crippen LogP contribution in [0.3, 0.4) is 0 Å². The normalized spacial score (nSPS) is 17.0. The van der Waals surface area contributed by atoms with Gasteiger partial charge in [-0.05, 0) is 0 Å². The van der Waals surface area contributed by atoms with Crippen molar-refractivity contribution in [3.05, 3.63) is 28.6 Å². The lowest BCUT2D eigenvalue weighted by molar-refractivity contribution is -0.384. The van der Waals surface area contributed by atoms with Crippen LogP contribution < -0.4 is 5.01 Å². The van der Waals surface area contributed by atoms with Crippen molar-refractivity contribution in [1.82, 2.24) is 4.68 Å².